The summed E-state index contributed by atoms with van der Waals surface area (Å²) in [6.45, 7) is 7.64. The average molecular weight is 270 g/mol. The molecule has 2 rings (SSSR count). The molecule has 20 heavy (non-hydrogen) atoms. The third-order valence-electron chi connectivity index (χ3n) is 3.23. The molecule has 0 saturated heterocycles. The summed E-state index contributed by atoms with van der Waals surface area (Å²) < 4.78 is 0. The van der Waals surface area contributed by atoms with E-state index in [1.807, 2.05) is 26.0 Å². The SMILES string of the molecule is Cc1cccc(-c2nc(C)c(NCCCN)c(C)n2)c1. The molecule has 4 heteroatoms. The van der Waals surface area contributed by atoms with Gasteiger partial charge in [-0.1, -0.05) is 23.8 Å². The molecule has 4 nitrogen and oxygen atoms in total. The van der Waals surface area contributed by atoms with Crippen LogP contribution in [-0.2, 0) is 0 Å². The Kier molecular flexibility index (Phi) is 4.69. The van der Waals surface area contributed by atoms with Gasteiger partial charge >= 0.3 is 0 Å². The molecule has 106 valence electrons. The summed E-state index contributed by atoms with van der Waals surface area (Å²) >= 11 is 0. The van der Waals surface area contributed by atoms with Crippen molar-refractivity contribution in [3.63, 3.8) is 0 Å². The van der Waals surface area contributed by atoms with Gasteiger partial charge in [-0.3, -0.25) is 0 Å². The predicted molar refractivity (Wildman–Crippen MR) is 83.8 cm³/mol. The second kappa shape index (κ2) is 6.48. The summed E-state index contributed by atoms with van der Waals surface area (Å²) in [5.74, 6) is 0.785. The van der Waals surface area contributed by atoms with E-state index in [0.717, 1.165) is 41.4 Å². The zero-order valence-electron chi connectivity index (χ0n) is 12.4. The summed E-state index contributed by atoms with van der Waals surface area (Å²) in [4.78, 5) is 9.24. The van der Waals surface area contributed by atoms with Crippen LogP contribution in [0.4, 0.5) is 5.69 Å². The highest BCUT2D eigenvalue weighted by Crippen LogP contribution is 2.22. The van der Waals surface area contributed by atoms with Crippen molar-refractivity contribution < 1.29 is 0 Å². The summed E-state index contributed by atoms with van der Waals surface area (Å²) in [6.07, 6.45) is 0.943. The molecule has 1 heterocycles. The topological polar surface area (TPSA) is 63.8 Å². The van der Waals surface area contributed by atoms with Crippen molar-refractivity contribution in [3.05, 3.63) is 41.2 Å². The molecule has 1 aromatic carbocycles. The van der Waals surface area contributed by atoms with E-state index < -0.39 is 0 Å². The molecule has 0 saturated carbocycles. The molecule has 0 atom stereocenters. The lowest BCUT2D eigenvalue weighted by Gasteiger charge is -2.13. The van der Waals surface area contributed by atoms with Crippen molar-refractivity contribution in [3.8, 4) is 11.4 Å². The van der Waals surface area contributed by atoms with E-state index in [1.165, 1.54) is 5.56 Å². The minimum absolute atomic E-state index is 0.688. The smallest absolute Gasteiger partial charge is 0.159 e. The Morgan fingerprint density at radius 1 is 1.10 bits per heavy atom. The number of nitrogens with two attached hydrogens (primary N) is 1. The molecule has 2 aromatic rings. The zero-order chi connectivity index (χ0) is 14.5. The van der Waals surface area contributed by atoms with Gasteiger partial charge in [-0.2, -0.15) is 0 Å². The number of rotatable bonds is 5. The van der Waals surface area contributed by atoms with Gasteiger partial charge in [0.1, 0.15) is 0 Å². The molecule has 0 aliphatic carbocycles. The minimum atomic E-state index is 0.688. The van der Waals surface area contributed by atoms with Gasteiger partial charge in [0.05, 0.1) is 17.1 Å². The van der Waals surface area contributed by atoms with Crippen molar-refractivity contribution in [1.82, 2.24) is 9.97 Å². The largest absolute Gasteiger partial charge is 0.382 e. The van der Waals surface area contributed by atoms with Crippen molar-refractivity contribution in [1.29, 1.82) is 0 Å². The average Bonchev–Trinajstić information content (AvgIpc) is 2.41. The van der Waals surface area contributed by atoms with Crippen molar-refractivity contribution in [2.75, 3.05) is 18.4 Å². The molecule has 0 spiro atoms. The number of hydrogen-bond acceptors (Lipinski definition) is 4. The number of aromatic nitrogens is 2. The van der Waals surface area contributed by atoms with Gasteiger partial charge in [-0.05, 0) is 39.8 Å². The maximum absolute atomic E-state index is 5.51. The highest BCUT2D eigenvalue weighted by Gasteiger charge is 2.09. The van der Waals surface area contributed by atoms with Gasteiger partial charge in [0, 0.05) is 12.1 Å². The van der Waals surface area contributed by atoms with Gasteiger partial charge in [-0.25, -0.2) is 9.97 Å². The second-order valence-electron chi connectivity index (χ2n) is 5.03. The van der Waals surface area contributed by atoms with E-state index in [2.05, 4.69) is 34.3 Å². The first-order chi connectivity index (χ1) is 9.61. The molecule has 0 aliphatic rings. The van der Waals surface area contributed by atoms with Crippen LogP contribution in [0.3, 0.4) is 0 Å². The number of anilines is 1. The minimum Gasteiger partial charge on any atom is -0.382 e. The third kappa shape index (κ3) is 3.33. The van der Waals surface area contributed by atoms with Gasteiger partial charge in [0.25, 0.3) is 0 Å². The van der Waals surface area contributed by atoms with E-state index >= 15 is 0 Å². The number of benzene rings is 1. The maximum atomic E-state index is 5.51. The number of nitrogens with zero attached hydrogens (tertiary/aromatic N) is 2. The molecule has 0 aliphatic heterocycles. The Morgan fingerprint density at radius 2 is 1.80 bits per heavy atom. The van der Waals surface area contributed by atoms with Crippen LogP contribution in [0, 0.1) is 20.8 Å². The summed E-state index contributed by atoms with van der Waals surface area (Å²) in [5, 5.41) is 3.37. The molecule has 0 bridgehead atoms. The Labute approximate surface area is 120 Å². The van der Waals surface area contributed by atoms with Crippen LogP contribution in [0.15, 0.2) is 24.3 Å². The molecule has 3 N–H and O–H groups in total. The number of aryl methyl sites for hydroxylation is 3. The summed E-state index contributed by atoms with van der Waals surface area (Å²) in [6, 6.07) is 8.26. The Balaban J connectivity index is 2.30. The van der Waals surface area contributed by atoms with E-state index in [1.54, 1.807) is 0 Å². The monoisotopic (exact) mass is 270 g/mol. The third-order valence-corrected chi connectivity index (χ3v) is 3.23. The van der Waals surface area contributed by atoms with Crippen LogP contribution in [0.1, 0.15) is 23.4 Å². The fraction of sp³-hybridized carbons (Fsp3) is 0.375. The first-order valence-corrected chi connectivity index (χ1v) is 6.98. The summed E-state index contributed by atoms with van der Waals surface area (Å²) in [7, 11) is 0. The lowest BCUT2D eigenvalue weighted by atomic mass is 10.1. The fourth-order valence-electron chi connectivity index (χ4n) is 2.20. The van der Waals surface area contributed by atoms with Crippen LogP contribution in [0.25, 0.3) is 11.4 Å². The Bertz CT molecular complexity index is 570. The molecule has 0 amide bonds. The van der Waals surface area contributed by atoms with Crippen LogP contribution < -0.4 is 11.1 Å². The lowest BCUT2D eigenvalue weighted by molar-refractivity contribution is 0.868. The van der Waals surface area contributed by atoms with E-state index in [4.69, 9.17) is 5.73 Å². The molecular formula is C16H22N4. The normalized spacial score (nSPS) is 10.6. The van der Waals surface area contributed by atoms with E-state index in [9.17, 15) is 0 Å². The zero-order valence-corrected chi connectivity index (χ0v) is 12.4. The van der Waals surface area contributed by atoms with Gasteiger partial charge in [-0.15, -0.1) is 0 Å². The van der Waals surface area contributed by atoms with Crippen molar-refractivity contribution >= 4 is 5.69 Å². The van der Waals surface area contributed by atoms with Crippen LogP contribution in [-0.4, -0.2) is 23.1 Å². The van der Waals surface area contributed by atoms with Crippen LogP contribution in [0.2, 0.25) is 0 Å². The first kappa shape index (κ1) is 14.5. The quantitative estimate of drug-likeness (QED) is 0.820. The number of hydrogen-bond donors (Lipinski definition) is 2. The van der Waals surface area contributed by atoms with Crippen molar-refractivity contribution in [2.45, 2.75) is 27.2 Å². The number of nitrogens with one attached hydrogen (secondary N) is 1. The highest BCUT2D eigenvalue weighted by molar-refractivity contribution is 5.61. The van der Waals surface area contributed by atoms with E-state index in [-0.39, 0.29) is 0 Å². The van der Waals surface area contributed by atoms with Crippen LogP contribution in [0.5, 0.6) is 0 Å². The van der Waals surface area contributed by atoms with Gasteiger partial charge < -0.3 is 11.1 Å². The first-order valence-electron chi connectivity index (χ1n) is 6.98. The fourth-order valence-corrected chi connectivity index (χ4v) is 2.20. The molecule has 0 radical (unpaired) electrons. The predicted octanol–water partition coefficient (Wildman–Crippen LogP) is 2.83. The van der Waals surface area contributed by atoms with Crippen molar-refractivity contribution in [2.24, 2.45) is 5.73 Å². The maximum Gasteiger partial charge on any atom is 0.159 e. The van der Waals surface area contributed by atoms with Crippen LogP contribution >= 0.6 is 0 Å². The van der Waals surface area contributed by atoms with Gasteiger partial charge in [0.2, 0.25) is 0 Å². The van der Waals surface area contributed by atoms with E-state index in [0.29, 0.717) is 6.54 Å². The Hall–Kier alpha value is -1.94. The standard InChI is InChI=1S/C16H22N4/c1-11-6-4-7-14(10-11)16-19-12(2)15(13(3)20-16)18-9-5-8-17/h4,6-7,10,18H,5,8-9,17H2,1-3H3. The molecular weight excluding hydrogens is 248 g/mol. The molecule has 1 aromatic heterocycles. The molecule has 0 unspecified atom stereocenters. The Morgan fingerprint density at radius 3 is 2.40 bits per heavy atom. The highest BCUT2D eigenvalue weighted by atomic mass is 15.0. The summed E-state index contributed by atoms with van der Waals surface area (Å²) in [5.41, 5.74) is 10.8. The second-order valence-corrected chi connectivity index (χ2v) is 5.03. The molecule has 0 fully saturated rings. The lowest BCUT2D eigenvalue weighted by Crippen LogP contribution is -2.11. The van der Waals surface area contributed by atoms with Gasteiger partial charge in [0.15, 0.2) is 5.82 Å².